The molecule has 5 rings (SSSR count). The van der Waals surface area contributed by atoms with Crippen LogP contribution in [0.4, 0.5) is 5.00 Å². The summed E-state index contributed by atoms with van der Waals surface area (Å²) >= 11 is 1.57. The Labute approximate surface area is 192 Å². The molecule has 1 atom stereocenters. The summed E-state index contributed by atoms with van der Waals surface area (Å²) in [5.41, 5.74) is 2.77. The molecule has 6 heteroatoms. The molecule has 1 aromatic heterocycles. The van der Waals surface area contributed by atoms with Gasteiger partial charge in [-0.25, -0.2) is 0 Å². The summed E-state index contributed by atoms with van der Waals surface area (Å²) in [6.07, 6.45) is 6.49. The van der Waals surface area contributed by atoms with Crippen LogP contribution in [0.1, 0.15) is 52.0 Å². The molecule has 0 unspecified atom stereocenters. The smallest absolute Gasteiger partial charge is 0.254 e. The van der Waals surface area contributed by atoms with E-state index >= 15 is 0 Å². The van der Waals surface area contributed by atoms with Crippen molar-refractivity contribution < 1.29 is 14.3 Å². The Bertz CT molecular complexity index is 1140. The van der Waals surface area contributed by atoms with E-state index in [0.29, 0.717) is 17.1 Å². The van der Waals surface area contributed by atoms with Gasteiger partial charge in [-0.1, -0.05) is 42.5 Å². The van der Waals surface area contributed by atoms with E-state index in [4.69, 9.17) is 4.74 Å². The second kappa shape index (κ2) is 9.43. The third-order valence-electron chi connectivity index (χ3n) is 6.40. The Morgan fingerprint density at radius 1 is 1.03 bits per heavy atom. The summed E-state index contributed by atoms with van der Waals surface area (Å²) < 4.78 is 5.65. The Balaban J connectivity index is 1.36. The molecule has 1 fully saturated rings. The molecule has 1 aliphatic carbocycles. The van der Waals surface area contributed by atoms with Crippen LogP contribution in [0.5, 0.6) is 0 Å². The molecule has 0 radical (unpaired) electrons. The van der Waals surface area contributed by atoms with Gasteiger partial charge < -0.3 is 15.4 Å². The topological polar surface area (TPSA) is 67.4 Å². The van der Waals surface area contributed by atoms with Crippen molar-refractivity contribution in [3.05, 3.63) is 64.0 Å². The van der Waals surface area contributed by atoms with Gasteiger partial charge >= 0.3 is 0 Å². The third kappa shape index (κ3) is 4.43. The number of nitrogens with one attached hydrogen (secondary N) is 2. The second-order valence-electron chi connectivity index (χ2n) is 8.62. The molecule has 0 bridgehead atoms. The predicted octanol–water partition coefficient (Wildman–Crippen LogP) is 4.87. The largest absolute Gasteiger partial charge is 0.376 e. The maximum absolute atomic E-state index is 13.2. The van der Waals surface area contributed by atoms with Crippen LogP contribution < -0.4 is 10.6 Å². The van der Waals surface area contributed by atoms with E-state index in [0.717, 1.165) is 67.0 Å². The Hall–Kier alpha value is -2.70. The fourth-order valence-electron chi connectivity index (χ4n) is 4.78. The highest BCUT2D eigenvalue weighted by molar-refractivity contribution is 7.17. The van der Waals surface area contributed by atoms with Gasteiger partial charge in [0.05, 0.1) is 18.1 Å². The quantitative estimate of drug-likeness (QED) is 0.565. The fraction of sp³-hybridized carbons (Fsp3) is 0.385. The summed E-state index contributed by atoms with van der Waals surface area (Å²) in [7, 11) is 0. The van der Waals surface area contributed by atoms with Crippen LogP contribution in [-0.4, -0.2) is 31.1 Å². The molecule has 0 saturated carbocycles. The van der Waals surface area contributed by atoms with Gasteiger partial charge in [-0.15, -0.1) is 11.3 Å². The summed E-state index contributed by atoms with van der Waals surface area (Å²) in [6, 6.07) is 14.1. The monoisotopic (exact) mass is 448 g/mol. The number of aryl methyl sites for hydroxylation is 1. The third-order valence-corrected chi connectivity index (χ3v) is 7.60. The molecule has 1 saturated heterocycles. The first-order chi connectivity index (χ1) is 15.7. The van der Waals surface area contributed by atoms with E-state index in [9.17, 15) is 9.59 Å². The Morgan fingerprint density at radius 3 is 2.75 bits per heavy atom. The highest BCUT2D eigenvalue weighted by Gasteiger charge is 2.27. The first-order valence-corrected chi connectivity index (χ1v) is 12.3. The molecule has 2 N–H and O–H groups in total. The van der Waals surface area contributed by atoms with Crippen LogP contribution in [0, 0.1) is 0 Å². The number of rotatable bonds is 6. The number of fused-ring (bicyclic) bond motifs is 2. The van der Waals surface area contributed by atoms with Crippen molar-refractivity contribution in [1.29, 1.82) is 0 Å². The number of carbonyl (C=O) groups excluding carboxylic acids is 2. The summed E-state index contributed by atoms with van der Waals surface area (Å²) in [5.74, 6) is -0.187. The Kier molecular flexibility index (Phi) is 6.23. The van der Waals surface area contributed by atoms with Crippen molar-refractivity contribution in [2.75, 3.05) is 18.5 Å². The van der Waals surface area contributed by atoms with Crippen LogP contribution in [0.2, 0.25) is 0 Å². The van der Waals surface area contributed by atoms with Crippen LogP contribution in [0.3, 0.4) is 0 Å². The van der Waals surface area contributed by atoms with E-state index < -0.39 is 0 Å². The maximum atomic E-state index is 13.2. The van der Waals surface area contributed by atoms with Crippen molar-refractivity contribution in [2.45, 2.75) is 51.0 Å². The molecule has 5 nitrogen and oxygen atoms in total. The lowest BCUT2D eigenvalue weighted by molar-refractivity contribution is -0.115. The number of benzene rings is 2. The number of thiophene rings is 1. The van der Waals surface area contributed by atoms with Crippen LogP contribution in [-0.2, 0) is 28.8 Å². The predicted molar refractivity (Wildman–Crippen MR) is 129 cm³/mol. The van der Waals surface area contributed by atoms with E-state index in [2.05, 4.69) is 22.8 Å². The lowest BCUT2D eigenvalue weighted by Gasteiger charge is -2.15. The molecule has 3 aromatic rings. The fourth-order valence-corrected chi connectivity index (χ4v) is 6.09. The van der Waals surface area contributed by atoms with Gasteiger partial charge in [-0.3, -0.25) is 9.59 Å². The van der Waals surface area contributed by atoms with Crippen LogP contribution in [0.25, 0.3) is 10.8 Å². The molecule has 32 heavy (non-hydrogen) atoms. The highest BCUT2D eigenvalue weighted by Crippen LogP contribution is 2.38. The Morgan fingerprint density at radius 2 is 1.88 bits per heavy atom. The minimum atomic E-state index is -0.0969. The lowest BCUT2D eigenvalue weighted by Crippen LogP contribution is -2.32. The highest BCUT2D eigenvalue weighted by atomic mass is 32.1. The number of ether oxygens (including phenoxy) is 1. The van der Waals surface area contributed by atoms with Gasteiger partial charge in [0.2, 0.25) is 5.91 Å². The standard InChI is InChI=1S/C26H28N2O3S/c29-23(15-18-9-5-8-17-7-1-2-11-20(17)18)28-26-24(21-12-3-4-13-22(21)32-26)25(30)27-16-19-10-6-14-31-19/h1-2,5,7-9,11,19H,3-4,6,10,12-16H2,(H,27,30)(H,28,29)/t19-/m0/s1. The van der Waals surface area contributed by atoms with Crippen molar-refractivity contribution in [3.63, 3.8) is 0 Å². The lowest BCUT2D eigenvalue weighted by atomic mass is 9.95. The van der Waals surface area contributed by atoms with E-state index in [1.807, 2.05) is 30.3 Å². The van der Waals surface area contributed by atoms with Crippen LogP contribution in [0.15, 0.2) is 42.5 Å². The first kappa shape index (κ1) is 21.2. The molecular weight excluding hydrogens is 420 g/mol. The van der Waals surface area contributed by atoms with Crippen molar-refractivity contribution in [1.82, 2.24) is 5.32 Å². The summed E-state index contributed by atoms with van der Waals surface area (Å²) in [6.45, 7) is 1.29. The molecule has 1 aliphatic heterocycles. The average Bonchev–Trinajstić information content (AvgIpc) is 3.45. The van der Waals surface area contributed by atoms with Gasteiger partial charge in [-0.05, 0) is 60.4 Å². The zero-order valence-electron chi connectivity index (χ0n) is 18.1. The van der Waals surface area contributed by atoms with Crippen molar-refractivity contribution in [3.8, 4) is 0 Å². The van der Waals surface area contributed by atoms with Gasteiger partial charge in [-0.2, -0.15) is 0 Å². The summed E-state index contributed by atoms with van der Waals surface area (Å²) in [4.78, 5) is 27.4. The molecular formula is C26H28N2O3S. The molecule has 2 aromatic carbocycles. The van der Waals surface area contributed by atoms with Gasteiger partial charge in [0.1, 0.15) is 5.00 Å². The number of amides is 2. The molecule has 0 spiro atoms. The van der Waals surface area contributed by atoms with Gasteiger partial charge in [0, 0.05) is 18.0 Å². The normalized spacial score (nSPS) is 17.8. The molecule has 2 amide bonds. The van der Waals surface area contributed by atoms with Crippen molar-refractivity contribution in [2.24, 2.45) is 0 Å². The number of anilines is 1. The van der Waals surface area contributed by atoms with Crippen molar-refractivity contribution >= 4 is 38.9 Å². The second-order valence-corrected chi connectivity index (χ2v) is 9.73. The van der Waals surface area contributed by atoms with Gasteiger partial charge in [0.25, 0.3) is 5.91 Å². The maximum Gasteiger partial charge on any atom is 0.254 e. The number of carbonyl (C=O) groups is 2. The SMILES string of the molecule is O=C(Cc1cccc2ccccc12)Nc1sc2c(c1C(=O)NC[C@@H]1CCCO1)CCCC2. The summed E-state index contributed by atoms with van der Waals surface area (Å²) in [5, 5.41) is 9.03. The number of hydrogen-bond donors (Lipinski definition) is 2. The molecule has 2 aliphatic rings. The minimum Gasteiger partial charge on any atom is -0.376 e. The average molecular weight is 449 g/mol. The zero-order chi connectivity index (χ0) is 21.9. The minimum absolute atomic E-state index is 0.0897. The first-order valence-electron chi connectivity index (χ1n) is 11.5. The van der Waals surface area contributed by atoms with E-state index in [-0.39, 0.29) is 24.3 Å². The van der Waals surface area contributed by atoms with E-state index in [1.165, 1.54) is 4.88 Å². The zero-order valence-corrected chi connectivity index (χ0v) is 18.9. The van der Waals surface area contributed by atoms with Gasteiger partial charge in [0.15, 0.2) is 0 Å². The van der Waals surface area contributed by atoms with E-state index in [1.54, 1.807) is 11.3 Å². The molecule has 166 valence electrons. The number of hydrogen-bond acceptors (Lipinski definition) is 4. The van der Waals surface area contributed by atoms with Crippen LogP contribution >= 0.6 is 11.3 Å². The molecule has 2 heterocycles.